The van der Waals surface area contributed by atoms with E-state index < -0.39 is 5.67 Å². The molecule has 2 atom stereocenters. The van der Waals surface area contributed by atoms with E-state index in [1.165, 1.54) is 5.56 Å². The topological polar surface area (TPSA) is 24.4 Å². The molecule has 0 heterocycles. The lowest BCUT2D eigenvalue weighted by Crippen LogP contribution is -2.29. The standard InChI is InChI=1S/C23H35FN2/c1-6-14-23(5,24)15-8-16-26-22(7-2)13-17-25-20(4)18-21-11-9-19(3)10-12-21/h7,9-12,17-18,22,26H,2,6,8,13-16H2,1,3-5H3/b20-18+,25-17?. The van der Waals surface area contributed by atoms with Crippen LogP contribution in [0.3, 0.4) is 0 Å². The molecule has 0 fully saturated rings. The molecule has 144 valence electrons. The fourth-order valence-corrected chi connectivity index (χ4v) is 2.91. The van der Waals surface area contributed by atoms with E-state index in [1.807, 2.05) is 26.1 Å². The number of rotatable bonds is 12. The van der Waals surface area contributed by atoms with Crippen molar-refractivity contribution >= 4 is 12.3 Å². The molecule has 0 aliphatic rings. The first-order valence-corrected chi connectivity index (χ1v) is 9.68. The Morgan fingerprint density at radius 1 is 1.31 bits per heavy atom. The van der Waals surface area contributed by atoms with Gasteiger partial charge in [0.1, 0.15) is 5.67 Å². The Labute approximate surface area is 159 Å². The highest BCUT2D eigenvalue weighted by Gasteiger charge is 2.20. The van der Waals surface area contributed by atoms with Crippen molar-refractivity contribution < 1.29 is 4.39 Å². The number of benzene rings is 1. The monoisotopic (exact) mass is 358 g/mol. The van der Waals surface area contributed by atoms with Gasteiger partial charge in [-0.05, 0) is 58.2 Å². The lowest BCUT2D eigenvalue weighted by molar-refractivity contribution is 0.156. The van der Waals surface area contributed by atoms with Gasteiger partial charge in [-0.3, -0.25) is 4.99 Å². The van der Waals surface area contributed by atoms with Crippen LogP contribution in [0.5, 0.6) is 0 Å². The molecule has 0 aliphatic carbocycles. The number of hydrogen-bond acceptors (Lipinski definition) is 2. The average Bonchev–Trinajstić information content (AvgIpc) is 2.59. The van der Waals surface area contributed by atoms with Gasteiger partial charge in [0, 0.05) is 24.4 Å². The van der Waals surface area contributed by atoms with Crippen LogP contribution in [0.4, 0.5) is 4.39 Å². The van der Waals surface area contributed by atoms with Crippen LogP contribution in [-0.2, 0) is 0 Å². The summed E-state index contributed by atoms with van der Waals surface area (Å²) in [6, 6.07) is 8.56. The molecule has 1 aromatic rings. The predicted octanol–water partition coefficient (Wildman–Crippen LogP) is 6.27. The van der Waals surface area contributed by atoms with E-state index in [1.54, 1.807) is 6.92 Å². The van der Waals surface area contributed by atoms with E-state index in [4.69, 9.17) is 0 Å². The fourth-order valence-electron chi connectivity index (χ4n) is 2.91. The molecule has 0 amide bonds. The molecule has 2 unspecified atom stereocenters. The summed E-state index contributed by atoms with van der Waals surface area (Å²) in [4.78, 5) is 4.51. The highest BCUT2D eigenvalue weighted by molar-refractivity contribution is 5.63. The quantitative estimate of drug-likeness (QED) is 0.266. The number of aliphatic imine (C=N–C) groups is 1. The highest BCUT2D eigenvalue weighted by Crippen LogP contribution is 2.23. The van der Waals surface area contributed by atoms with Gasteiger partial charge in [-0.15, -0.1) is 6.58 Å². The third kappa shape index (κ3) is 9.67. The van der Waals surface area contributed by atoms with Crippen LogP contribution in [0.1, 0.15) is 64.0 Å². The number of alkyl halides is 1. The Morgan fingerprint density at radius 3 is 2.62 bits per heavy atom. The molecule has 0 saturated carbocycles. The molecule has 2 nitrogen and oxygen atoms in total. The smallest absolute Gasteiger partial charge is 0.108 e. The molecule has 0 radical (unpaired) electrons. The van der Waals surface area contributed by atoms with Gasteiger partial charge in [-0.2, -0.15) is 0 Å². The first-order valence-electron chi connectivity index (χ1n) is 9.68. The number of halogens is 1. The Kier molecular flexibility index (Phi) is 10.1. The zero-order valence-electron chi connectivity index (χ0n) is 16.9. The van der Waals surface area contributed by atoms with E-state index in [-0.39, 0.29) is 6.04 Å². The van der Waals surface area contributed by atoms with E-state index in [2.05, 4.69) is 54.2 Å². The number of allylic oxidation sites excluding steroid dienone is 1. The predicted molar refractivity (Wildman–Crippen MR) is 114 cm³/mol. The summed E-state index contributed by atoms with van der Waals surface area (Å²) in [5.41, 5.74) is 2.35. The van der Waals surface area contributed by atoms with Crippen LogP contribution in [0.25, 0.3) is 6.08 Å². The third-order valence-electron chi connectivity index (χ3n) is 4.44. The summed E-state index contributed by atoms with van der Waals surface area (Å²) in [5, 5.41) is 3.42. The third-order valence-corrected chi connectivity index (χ3v) is 4.44. The molecular formula is C23H35FN2. The minimum atomic E-state index is -1.04. The van der Waals surface area contributed by atoms with Crippen molar-refractivity contribution in [2.45, 2.75) is 71.5 Å². The van der Waals surface area contributed by atoms with Gasteiger partial charge in [0.05, 0.1) is 0 Å². The molecule has 0 saturated heterocycles. The van der Waals surface area contributed by atoms with Crippen LogP contribution in [0.2, 0.25) is 0 Å². The summed E-state index contributed by atoms with van der Waals surface area (Å²) < 4.78 is 14.1. The summed E-state index contributed by atoms with van der Waals surface area (Å²) >= 11 is 0. The van der Waals surface area contributed by atoms with Crippen molar-refractivity contribution in [3.8, 4) is 0 Å². The summed E-state index contributed by atoms with van der Waals surface area (Å²) in [6.45, 7) is 12.5. The molecular weight excluding hydrogens is 323 g/mol. The Hall–Kier alpha value is -1.74. The van der Waals surface area contributed by atoms with Gasteiger partial charge in [-0.25, -0.2) is 4.39 Å². The summed E-state index contributed by atoms with van der Waals surface area (Å²) in [5.74, 6) is 0. The maximum atomic E-state index is 14.1. The molecule has 0 bridgehead atoms. The largest absolute Gasteiger partial charge is 0.310 e. The van der Waals surface area contributed by atoms with E-state index >= 15 is 0 Å². The van der Waals surface area contributed by atoms with Crippen molar-refractivity contribution in [2.75, 3.05) is 6.54 Å². The van der Waals surface area contributed by atoms with E-state index in [0.29, 0.717) is 12.8 Å². The second-order valence-corrected chi connectivity index (χ2v) is 7.31. The Morgan fingerprint density at radius 2 is 2.00 bits per heavy atom. The van der Waals surface area contributed by atoms with E-state index in [9.17, 15) is 4.39 Å². The normalized spacial score (nSPS) is 15.8. The molecule has 1 N–H and O–H groups in total. The molecule has 26 heavy (non-hydrogen) atoms. The molecule has 0 aromatic heterocycles. The van der Waals surface area contributed by atoms with Gasteiger partial charge in [0.15, 0.2) is 0 Å². The average molecular weight is 359 g/mol. The van der Waals surface area contributed by atoms with Crippen LogP contribution in [-0.4, -0.2) is 24.5 Å². The first-order chi connectivity index (χ1) is 12.4. The zero-order chi connectivity index (χ0) is 19.4. The van der Waals surface area contributed by atoms with Crippen LogP contribution in [0.15, 0.2) is 47.6 Å². The fraction of sp³-hybridized carbons (Fsp3) is 0.522. The molecule has 0 spiro atoms. The van der Waals surface area contributed by atoms with Crippen LogP contribution >= 0.6 is 0 Å². The number of hydrogen-bond donors (Lipinski definition) is 1. The minimum Gasteiger partial charge on any atom is -0.310 e. The van der Waals surface area contributed by atoms with Crippen LogP contribution in [0, 0.1) is 6.92 Å². The van der Waals surface area contributed by atoms with Crippen molar-refractivity contribution in [3.63, 3.8) is 0 Å². The number of aryl methyl sites for hydroxylation is 1. The lowest BCUT2D eigenvalue weighted by atomic mass is 9.97. The SMILES string of the molecule is C=CC(CC=N/C(C)=C/c1ccc(C)cc1)NCCCC(C)(F)CCC. The van der Waals surface area contributed by atoms with Gasteiger partial charge in [0.2, 0.25) is 0 Å². The van der Waals surface area contributed by atoms with E-state index in [0.717, 1.165) is 37.1 Å². The zero-order valence-corrected chi connectivity index (χ0v) is 16.9. The highest BCUT2D eigenvalue weighted by atomic mass is 19.1. The van der Waals surface area contributed by atoms with Gasteiger partial charge in [-0.1, -0.05) is 49.2 Å². The van der Waals surface area contributed by atoms with Crippen molar-refractivity contribution in [3.05, 3.63) is 53.7 Å². The van der Waals surface area contributed by atoms with Crippen molar-refractivity contribution in [1.29, 1.82) is 0 Å². The van der Waals surface area contributed by atoms with Crippen molar-refractivity contribution in [1.82, 2.24) is 5.32 Å². The molecule has 3 heteroatoms. The number of nitrogens with zero attached hydrogens (tertiary/aromatic N) is 1. The maximum Gasteiger partial charge on any atom is 0.108 e. The molecule has 0 aliphatic heterocycles. The first kappa shape index (κ1) is 22.3. The Bertz CT molecular complexity index is 585. The lowest BCUT2D eigenvalue weighted by Gasteiger charge is -2.20. The van der Waals surface area contributed by atoms with Gasteiger partial charge in [0.25, 0.3) is 0 Å². The summed E-state index contributed by atoms with van der Waals surface area (Å²) in [7, 11) is 0. The second-order valence-electron chi connectivity index (χ2n) is 7.31. The molecule has 1 rings (SSSR count). The number of nitrogens with one attached hydrogen (secondary N) is 1. The minimum absolute atomic E-state index is 0.169. The van der Waals surface area contributed by atoms with Crippen molar-refractivity contribution in [2.24, 2.45) is 4.99 Å². The Balaban J connectivity index is 2.37. The van der Waals surface area contributed by atoms with Gasteiger partial charge < -0.3 is 5.32 Å². The van der Waals surface area contributed by atoms with Crippen LogP contribution < -0.4 is 5.32 Å². The summed E-state index contributed by atoms with van der Waals surface area (Å²) in [6.07, 6.45) is 9.64. The second kappa shape index (κ2) is 11.8. The maximum absolute atomic E-state index is 14.1. The molecule has 1 aromatic carbocycles. The van der Waals surface area contributed by atoms with Gasteiger partial charge >= 0.3 is 0 Å².